The van der Waals surface area contributed by atoms with Gasteiger partial charge in [0.05, 0.1) is 23.7 Å². The largest absolute Gasteiger partial charge is 0.370 e. The smallest absolute Gasteiger partial charge is 0.220 e. The number of aromatic amines is 1. The number of hydrogen-bond donors (Lipinski definition) is 2. The lowest BCUT2D eigenvalue weighted by Crippen LogP contribution is -2.41. The number of H-pyrrole nitrogens is 1. The lowest BCUT2D eigenvalue weighted by Gasteiger charge is -2.29. The molecule has 156 valence electrons. The van der Waals surface area contributed by atoms with E-state index in [0.717, 1.165) is 55.2 Å². The predicted octanol–water partition coefficient (Wildman–Crippen LogP) is 1.74. The maximum absolute atomic E-state index is 12.5. The molecule has 0 aromatic carbocycles. The van der Waals surface area contributed by atoms with Gasteiger partial charge in [0.25, 0.3) is 0 Å². The topological polar surface area (TPSA) is 96.3 Å². The fraction of sp³-hybridized carbons (Fsp3) is 0.667. The Morgan fingerprint density at radius 1 is 1.45 bits per heavy atom. The molecule has 5 heterocycles. The summed E-state index contributed by atoms with van der Waals surface area (Å²) < 4.78 is 11.7. The first-order valence-corrected chi connectivity index (χ1v) is 10.6. The molecule has 0 aliphatic carbocycles. The van der Waals surface area contributed by atoms with Crippen molar-refractivity contribution in [2.45, 2.75) is 57.8 Å². The van der Waals surface area contributed by atoms with Crippen LogP contribution in [-0.2, 0) is 22.5 Å². The van der Waals surface area contributed by atoms with Crippen LogP contribution in [0.4, 0.5) is 0 Å². The first-order chi connectivity index (χ1) is 14.0. The van der Waals surface area contributed by atoms with Crippen LogP contribution in [-0.4, -0.2) is 57.3 Å². The highest BCUT2D eigenvalue weighted by atomic mass is 16.5. The standard InChI is InChI=1S/C21H29N5O3/c1-13-16(14(2)29-25-13)3-4-20(27)23-8-17-18-10-26(9-15-7-22-12-24-15)11-21(18)6-5-19(17)28-21/h7,12,17-19H,3-6,8-11H2,1-2H3,(H,22,24)(H,23,27)/t17-,18+,19+,21+/m0/s1. The van der Waals surface area contributed by atoms with Gasteiger partial charge in [-0.2, -0.15) is 0 Å². The van der Waals surface area contributed by atoms with Crippen LogP contribution in [0.1, 0.15) is 42.0 Å². The maximum Gasteiger partial charge on any atom is 0.220 e. The molecule has 1 spiro atoms. The van der Waals surface area contributed by atoms with Crippen LogP contribution in [0.3, 0.4) is 0 Å². The summed E-state index contributed by atoms with van der Waals surface area (Å²) in [7, 11) is 0. The molecular formula is C21H29N5O3. The highest BCUT2D eigenvalue weighted by Gasteiger charge is 2.62. The molecule has 3 aliphatic heterocycles. The predicted molar refractivity (Wildman–Crippen MR) is 105 cm³/mol. The summed E-state index contributed by atoms with van der Waals surface area (Å²) >= 11 is 0. The summed E-state index contributed by atoms with van der Waals surface area (Å²) in [6, 6.07) is 0. The molecule has 2 N–H and O–H groups in total. The van der Waals surface area contributed by atoms with E-state index in [1.807, 2.05) is 20.0 Å². The Kier molecular flexibility index (Phi) is 4.70. The van der Waals surface area contributed by atoms with E-state index in [2.05, 4.69) is 25.3 Å². The maximum atomic E-state index is 12.5. The van der Waals surface area contributed by atoms with Crippen LogP contribution >= 0.6 is 0 Å². The second kappa shape index (κ2) is 7.25. The van der Waals surface area contributed by atoms with E-state index in [1.165, 1.54) is 0 Å². The van der Waals surface area contributed by atoms with Crippen LogP contribution in [0.25, 0.3) is 0 Å². The molecule has 2 bridgehead atoms. The third-order valence-electron chi connectivity index (χ3n) is 7.12. The van der Waals surface area contributed by atoms with Crippen molar-refractivity contribution in [3.8, 4) is 0 Å². The van der Waals surface area contributed by atoms with Crippen LogP contribution in [0, 0.1) is 25.7 Å². The number of amides is 1. The summed E-state index contributed by atoms with van der Waals surface area (Å²) in [6.45, 7) is 7.40. The molecule has 1 amide bonds. The van der Waals surface area contributed by atoms with Crippen LogP contribution in [0.15, 0.2) is 17.0 Å². The average Bonchev–Trinajstić information content (AvgIpc) is 3.49. The van der Waals surface area contributed by atoms with Gasteiger partial charge in [-0.05, 0) is 33.1 Å². The summed E-state index contributed by atoms with van der Waals surface area (Å²) in [4.78, 5) is 22.2. The Balaban J connectivity index is 1.16. The number of likely N-dealkylation sites (tertiary alicyclic amines) is 1. The van der Waals surface area contributed by atoms with Crippen molar-refractivity contribution in [2.24, 2.45) is 11.8 Å². The number of carbonyl (C=O) groups is 1. The van der Waals surface area contributed by atoms with Crippen LogP contribution in [0.5, 0.6) is 0 Å². The molecule has 0 radical (unpaired) electrons. The van der Waals surface area contributed by atoms with Gasteiger partial charge in [-0.3, -0.25) is 9.69 Å². The van der Waals surface area contributed by atoms with Crippen LogP contribution < -0.4 is 5.32 Å². The number of carbonyl (C=O) groups excluding carboxylic acids is 1. The zero-order valence-electron chi connectivity index (χ0n) is 17.1. The lowest BCUT2D eigenvalue weighted by molar-refractivity contribution is -0.121. The number of hydrogen-bond acceptors (Lipinski definition) is 6. The fourth-order valence-electron chi connectivity index (χ4n) is 5.71. The zero-order chi connectivity index (χ0) is 20.0. The molecule has 3 saturated heterocycles. The molecule has 29 heavy (non-hydrogen) atoms. The molecule has 8 heteroatoms. The number of nitrogens with zero attached hydrogens (tertiary/aromatic N) is 3. The number of imidazole rings is 1. The summed E-state index contributed by atoms with van der Waals surface area (Å²) in [5.74, 6) is 1.79. The van der Waals surface area contributed by atoms with Crippen molar-refractivity contribution in [3.63, 3.8) is 0 Å². The second-order valence-corrected chi connectivity index (χ2v) is 8.88. The first-order valence-electron chi connectivity index (χ1n) is 10.6. The van der Waals surface area contributed by atoms with Gasteiger partial charge in [0.1, 0.15) is 5.76 Å². The first kappa shape index (κ1) is 18.8. The molecule has 4 atom stereocenters. The minimum atomic E-state index is -0.0171. The lowest BCUT2D eigenvalue weighted by atomic mass is 9.73. The van der Waals surface area contributed by atoms with Crippen molar-refractivity contribution in [2.75, 3.05) is 19.6 Å². The molecule has 0 unspecified atom stereocenters. The Morgan fingerprint density at radius 2 is 2.34 bits per heavy atom. The van der Waals surface area contributed by atoms with Gasteiger partial charge in [-0.15, -0.1) is 0 Å². The van der Waals surface area contributed by atoms with Crippen molar-refractivity contribution in [1.82, 2.24) is 25.3 Å². The van der Waals surface area contributed by atoms with E-state index in [-0.39, 0.29) is 17.6 Å². The van der Waals surface area contributed by atoms with Gasteiger partial charge in [0.15, 0.2) is 0 Å². The highest BCUT2D eigenvalue weighted by molar-refractivity contribution is 5.76. The summed E-state index contributed by atoms with van der Waals surface area (Å²) in [6.07, 6.45) is 7.28. The number of fused-ring (bicyclic) bond motifs is 1. The molecule has 5 rings (SSSR count). The molecule has 3 fully saturated rings. The van der Waals surface area contributed by atoms with Crippen molar-refractivity contribution < 1.29 is 14.1 Å². The van der Waals surface area contributed by atoms with Gasteiger partial charge in [0.2, 0.25) is 5.91 Å². The van der Waals surface area contributed by atoms with Gasteiger partial charge in [0, 0.05) is 61.9 Å². The number of aryl methyl sites for hydroxylation is 2. The molecule has 8 nitrogen and oxygen atoms in total. The van der Waals surface area contributed by atoms with Gasteiger partial charge < -0.3 is 19.6 Å². The third-order valence-corrected chi connectivity index (χ3v) is 7.12. The van der Waals surface area contributed by atoms with E-state index in [4.69, 9.17) is 9.26 Å². The van der Waals surface area contributed by atoms with E-state index in [1.54, 1.807) is 6.33 Å². The Morgan fingerprint density at radius 3 is 3.10 bits per heavy atom. The average molecular weight is 399 g/mol. The zero-order valence-corrected chi connectivity index (χ0v) is 17.1. The van der Waals surface area contributed by atoms with E-state index in [0.29, 0.717) is 31.2 Å². The molecular weight excluding hydrogens is 370 g/mol. The Labute approximate surface area is 170 Å². The Bertz CT molecular complexity index is 860. The quantitative estimate of drug-likeness (QED) is 0.736. The second-order valence-electron chi connectivity index (χ2n) is 8.88. The SMILES string of the molecule is Cc1noc(C)c1CCC(=O)NC[C@H]1[C@H]2CN(Cc3cnc[nH]3)C[C@]23CC[C@H]1O3. The number of nitrogens with one attached hydrogen (secondary N) is 2. The van der Waals surface area contributed by atoms with Crippen molar-refractivity contribution in [3.05, 3.63) is 35.2 Å². The molecule has 2 aromatic heterocycles. The van der Waals surface area contributed by atoms with E-state index in [9.17, 15) is 4.79 Å². The minimum Gasteiger partial charge on any atom is -0.370 e. The number of aromatic nitrogens is 3. The van der Waals surface area contributed by atoms with Gasteiger partial charge in [-0.25, -0.2) is 4.98 Å². The van der Waals surface area contributed by atoms with Gasteiger partial charge >= 0.3 is 0 Å². The normalized spacial score (nSPS) is 30.8. The number of ether oxygens (including phenoxy) is 1. The monoisotopic (exact) mass is 399 g/mol. The number of rotatable bonds is 7. The molecule has 3 aliphatic rings. The summed E-state index contributed by atoms with van der Waals surface area (Å²) in [5.41, 5.74) is 3.05. The van der Waals surface area contributed by atoms with Crippen molar-refractivity contribution in [1.29, 1.82) is 0 Å². The summed E-state index contributed by atoms with van der Waals surface area (Å²) in [5, 5.41) is 7.14. The van der Waals surface area contributed by atoms with E-state index >= 15 is 0 Å². The minimum absolute atomic E-state index is 0.0171. The fourth-order valence-corrected chi connectivity index (χ4v) is 5.71. The molecule has 0 saturated carbocycles. The van der Waals surface area contributed by atoms with Crippen LogP contribution in [0.2, 0.25) is 0 Å². The van der Waals surface area contributed by atoms with E-state index < -0.39 is 0 Å². The van der Waals surface area contributed by atoms with Gasteiger partial charge in [-0.1, -0.05) is 5.16 Å². The van der Waals surface area contributed by atoms with Crippen molar-refractivity contribution >= 4 is 5.91 Å². The third kappa shape index (κ3) is 3.38. The molecule has 2 aromatic rings. The Hall–Kier alpha value is -2.19. The highest BCUT2D eigenvalue weighted by Crippen LogP contribution is 2.54.